The van der Waals surface area contributed by atoms with E-state index in [2.05, 4.69) is 31.1 Å². The standard InChI is InChI=1S/C26H26N8O7S2/c1-13-8-16(35)17(9-27-13)41-10-18(36)28-19(14-6-4-3-5-7-14)22(37)29-20-23(38)34-21(25(39)40)15(11-42-24(20)34)12-43-26-30-31-32-33(26)2/h3-9,19-20,24H,10-12H2,1-2H3,(H,27,35)(H,28,36)(H,29,37)(H,39,40)/t19?,20?,24-/m0/s1. The summed E-state index contributed by atoms with van der Waals surface area (Å²) in [6, 6.07) is 7.55. The fraction of sp³-hybridized carbons (Fsp3) is 0.308. The van der Waals surface area contributed by atoms with E-state index >= 15 is 0 Å². The van der Waals surface area contributed by atoms with Crippen molar-refractivity contribution in [2.24, 2.45) is 7.05 Å². The zero-order chi connectivity index (χ0) is 30.7. The first kappa shape index (κ1) is 29.8. The number of aromatic nitrogens is 5. The summed E-state index contributed by atoms with van der Waals surface area (Å²) in [4.78, 5) is 67.7. The molecule has 1 fully saturated rings. The van der Waals surface area contributed by atoms with E-state index in [9.17, 15) is 29.1 Å². The summed E-state index contributed by atoms with van der Waals surface area (Å²) in [5.74, 6) is -2.64. The SMILES string of the molecule is Cc1cc(=O)c(OCC(=O)NC(C(=O)NC2C(=O)N3C(C(=O)O)=C(CSc4nnnn4C)CS[C@@H]23)c2ccccc2)c[nH]1. The number of aromatic amines is 1. The van der Waals surface area contributed by atoms with Gasteiger partial charge in [0.2, 0.25) is 16.5 Å². The Balaban J connectivity index is 1.27. The molecule has 2 aliphatic heterocycles. The summed E-state index contributed by atoms with van der Waals surface area (Å²) in [5, 5.41) is 26.3. The Labute approximate surface area is 252 Å². The molecule has 3 aromatic rings. The van der Waals surface area contributed by atoms with Crippen molar-refractivity contribution in [2.45, 2.75) is 29.5 Å². The number of carbonyl (C=O) groups excluding carboxylic acids is 3. The van der Waals surface area contributed by atoms with Crippen LogP contribution in [0, 0.1) is 6.92 Å². The smallest absolute Gasteiger partial charge is 0.352 e. The lowest BCUT2D eigenvalue weighted by Gasteiger charge is -2.49. The van der Waals surface area contributed by atoms with Crippen LogP contribution in [0.3, 0.4) is 0 Å². The lowest BCUT2D eigenvalue weighted by Crippen LogP contribution is -2.71. The molecular weight excluding hydrogens is 600 g/mol. The molecule has 43 heavy (non-hydrogen) atoms. The number of amides is 3. The van der Waals surface area contributed by atoms with E-state index in [-0.39, 0.29) is 17.2 Å². The van der Waals surface area contributed by atoms with Crippen LogP contribution in [0.5, 0.6) is 5.75 Å². The molecule has 3 atom stereocenters. The number of rotatable bonds is 11. The summed E-state index contributed by atoms with van der Waals surface area (Å²) < 4.78 is 6.80. The van der Waals surface area contributed by atoms with Gasteiger partial charge in [-0.1, -0.05) is 42.1 Å². The normalized spacial score (nSPS) is 18.4. The number of aliphatic carboxylic acids is 1. The lowest BCUT2D eigenvalue weighted by atomic mass is 10.0. The molecule has 0 radical (unpaired) electrons. The Morgan fingerprint density at radius 3 is 2.70 bits per heavy atom. The first-order chi connectivity index (χ1) is 20.6. The topological polar surface area (TPSA) is 201 Å². The van der Waals surface area contributed by atoms with Crippen LogP contribution in [0.1, 0.15) is 17.3 Å². The fourth-order valence-electron chi connectivity index (χ4n) is 4.49. The van der Waals surface area contributed by atoms with E-state index < -0.39 is 53.2 Å². The monoisotopic (exact) mass is 626 g/mol. The number of ether oxygens (including phenoxy) is 1. The van der Waals surface area contributed by atoms with Crippen molar-refractivity contribution in [3.05, 3.63) is 75.3 Å². The Morgan fingerprint density at radius 1 is 1.26 bits per heavy atom. The average Bonchev–Trinajstić information content (AvgIpc) is 3.41. The summed E-state index contributed by atoms with van der Waals surface area (Å²) >= 11 is 2.57. The number of fused-ring (bicyclic) bond motifs is 1. The van der Waals surface area contributed by atoms with Gasteiger partial charge in [-0.05, 0) is 28.5 Å². The second kappa shape index (κ2) is 12.7. The summed E-state index contributed by atoms with van der Waals surface area (Å²) in [7, 11) is 1.66. The molecule has 1 aromatic carbocycles. The van der Waals surface area contributed by atoms with E-state index in [1.165, 1.54) is 45.4 Å². The molecular formula is C26H26N8O7S2. The highest BCUT2D eigenvalue weighted by Crippen LogP contribution is 2.41. The van der Waals surface area contributed by atoms with Crippen LogP contribution in [0.2, 0.25) is 0 Å². The number of H-pyrrole nitrogens is 1. The van der Waals surface area contributed by atoms with Gasteiger partial charge in [0.25, 0.3) is 11.8 Å². The molecule has 0 saturated carbocycles. The first-order valence-corrected chi connectivity index (χ1v) is 14.9. The second-order valence-electron chi connectivity index (χ2n) is 9.57. The van der Waals surface area contributed by atoms with Crippen LogP contribution in [0.4, 0.5) is 0 Å². The Hall–Kier alpha value is -4.64. The number of hydrogen-bond donors (Lipinski definition) is 4. The number of carboxylic acid groups (broad SMARTS) is 1. The number of aryl methyl sites for hydroxylation is 2. The molecule has 2 aromatic heterocycles. The molecule has 2 aliphatic rings. The number of β-lactam (4-membered cyclic amide) rings is 1. The Kier molecular flexibility index (Phi) is 8.81. The van der Waals surface area contributed by atoms with Gasteiger partial charge < -0.3 is 25.5 Å². The van der Waals surface area contributed by atoms with Crippen LogP contribution < -0.4 is 20.8 Å². The largest absolute Gasteiger partial charge is 0.478 e. The molecule has 0 spiro atoms. The first-order valence-electron chi connectivity index (χ1n) is 12.9. The predicted octanol–water partition coefficient (Wildman–Crippen LogP) is -0.0260. The van der Waals surface area contributed by atoms with E-state index in [4.69, 9.17) is 4.74 Å². The number of nitrogens with one attached hydrogen (secondary N) is 3. The van der Waals surface area contributed by atoms with Gasteiger partial charge in [0, 0.05) is 36.5 Å². The number of nitrogens with zero attached hydrogens (tertiary/aromatic N) is 5. The van der Waals surface area contributed by atoms with Crippen LogP contribution in [0.25, 0.3) is 0 Å². The van der Waals surface area contributed by atoms with Gasteiger partial charge in [-0.2, -0.15) is 0 Å². The van der Waals surface area contributed by atoms with Crippen molar-refractivity contribution in [1.29, 1.82) is 0 Å². The molecule has 1 saturated heterocycles. The van der Waals surface area contributed by atoms with Crippen LogP contribution in [-0.4, -0.2) is 88.4 Å². The van der Waals surface area contributed by atoms with Crippen LogP contribution in [-0.2, 0) is 26.2 Å². The van der Waals surface area contributed by atoms with Gasteiger partial charge in [-0.15, -0.1) is 16.9 Å². The zero-order valence-electron chi connectivity index (χ0n) is 22.8. The minimum atomic E-state index is -1.25. The quantitative estimate of drug-likeness (QED) is 0.164. The number of thioether (sulfide) groups is 2. The fourth-order valence-corrected chi connectivity index (χ4v) is 6.83. The molecule has 2 unspecified atom stereocenters. The predicted molar refractivity (Wildman–Crippen MR) is 154 cm³/mol. The highest BCUT2D eigenvalue weighted by molar-refractivity contribution is 8.01. The van der Waals surface area contributed by atoms with Gasteiger partial charge in [0.15, 0.2) is 12.4 Å². The van der Waals surface area contributed by atoms with Crippen LogP contribution >= 0.6 is 23.5 Å². The number of pyridine rings is 1. The van der Waals surface area contributed by atoms with Gasteiger partial charge >= 0.3 is 5.97 Å². The third-order valence-corrected chi connectivity index (χ3v) is 9.02. The number of carboxylic acids is 1. The van der Waals surface area contributed by atoms with Gasteiger partial charge in [0.1, 0.15) is 23.2 Å². The van der Waals surface area contributed by atoms with E-state index in [1.807, 2.05) is 0 Å². The maximum Gasteiger partial charge on any atom is 0.352 e. The van der Waals surface area contributed by atoms with Crippen molar-refractivity contribution in [3.8, 4) is 5.75 Å². The van der Waals surface area contributed by atoms with E-state index in [0.717, 1.165) is 0 Å². The van der Waals surface area contributed by atoms with E-state index in [0.29, 0.717) is 27.7 Å². The number of benzene rings is 1. The second-order valence-corrected chi connectivity index (χ2v) is 11.6. The summed E-state index contributed by atoms with van der Waals surface area (Å²) in [5.41, 5.74) is 1.08. The highest BCUT2D eigenvalue weighted by atomic mass is 32.2. The third-order valence-electron chi connectivity index (χ3n) is 6.58. The maximum absolute atomic E-state index is 13.5. The molecule has 0 bridgehead atoms. The lowest BCUT2D eigenvalue weighted by molar-refractivity contribution is -0.151. The number of tetrazole rings is 1. The Bertz CT molecular complexity index is 1660. The molecule has 4 N–H and O–H groups in total. The van der Waals surface area contributed by atoms with Crippen molar-refractivity contribution < 1.29 is 29.0 Å². The van der Waals surface area contributed by atoms with Gasteiger partial charge in [-0.3, -0.25) is 24.1 Å². The van der Waals surface area contributed by atoms with Crippen molar-refractivity contribution >= 4 is 47.2 Å². The van der Waals surface area contributed by atoms with Gasteiger partial charge in [0.05, 0.1) is 0 Å². The summed E-state index contributed by atoms with van der Waals surface area (Å²) in [6.45, 7) is 1.17. The Morgan fingerprint density at radius 2 is 2.02 bits per heavy atom. The van der Waals surface area contributed by atoms with E-state index in [1.54, 1.807) is 44.3 Å². The molecule has 3 amide bonds. The van der Waals surface area contributed by atoms with Crippen molar-refractivity contribution in [3.63, 3.8) is 0 Å². The minimum absolute atomic E-state index is 0.0516. The van der Waals surface area contributed by atoms with Crippen molar-refractivity contribution in [1.82, 2.24) is 40.7 Å². The molecule has 15 nitrogen and oxygen atoms in total. The minimum Gasteiger partial charge on any atom is -0.478 e. The third kappa shape index (κ3) is 6.41. The molecule has 17 heteroatoms. The zero-order valence-corrected chi connectivity index (χ0v) is 24.5. The molecule has 4 heterocycles. The maximum atomic E-state index is 13.5. The molecule has 5 rings (SSSR count). The number of carbonyl (C=O) groups is 4. The highest BCUT2D eigenvalue weighted by Gasteiger charge is 2.54. The molecule has 0 aliphatic carbocycles. The molecule has 224 valence electrons. The van der Waals surface area contributed by atoms with Crippen LogP contribution in [0.15, 0.2) is 63.8 Å². The average molecular weight is 627 g/mol. The summed E-state index contributed by atoms with van der Waals surface area (Å²) in [6.07, 6.45) is 1.35. The van der Waals surface area contributed by atoms with Gasteiger partial charge in [-0.25, -0.2) is 9.48 Å². The number of hydrogen-bond acceptors (Lipinski definition) is 11. The van der Waals surface area contributed by atoms with Crippen molar-refractivity contribution in [2.75, 3.05) is 18.1 Å².